The number of carbonyl (C=O) groups excluding carboxylic acids is 1. The Bertz CT molecular complexity index is 1160. The Morgan fingerprint density at radius 1 is 1.12 bits per heavy atom. The van der Waals surface area contributed by atoms with Crippen LogP contribution in [0.3, 0.4) is 0 Å². The van der Waals surface area contributed by atoms with Crippen LogP contribution in [-0.4, -0.2) is 41.8 Å². The number of aromatic nitrogens is 1. The first-order valence-corrected chi connectivity index (χ1v) is 10.1. The molecule has 0 spiro atoms. The Labute approximate surface area is 190 Å². The standard InChI is InChI=1S/C25H23FN2O5/c1-16(15-32-2)33-21-12-17(7-8-18-5-3-4-6-22(18)26)11-20(13-21)24(29)28-23-10-9-19(14-27-23)25(30)31/h3-14,16H,15H2,1-2H3,(H,30,31)(H,27,28,29)/b8-7+/t16-/m0/s1. The van der Waals surface area contributed by atoms with E-state index in [1.807, 2.05) is 6.92 Å². The summed E-state index contributed by atoms with van der Waals surface area (Å²) in [6.45, 7) is 2.19. The molecule has 0 fully saturated rings. The second kappa shape index (κ2) is 11.0. The summed E-state index contributed by atoms with van der Waals surface area (Å²) < 4.78 is 24.9. The van der Waals surface area contributed by atoms with Gasteiger partial charge in [-0.3, -0.25) is 4.79 Å². The van der Waals surface area contributed by atoms with Crippen molar-refractivity contribution in [3.05, 3.63) is 88.9 Å². The molecular weight excluding hydrogens is 427 g/mol. The molecule has 2 aromatic carbocycles. The lowest BCUT2D eigenvalue weighted by Gasteiger charge is -2.15. The van der Waals surface area contributed by atoms with Gasteiger partial charge in [-0.25, -0.2) is 14.2 Å². The number of carbonyl (C=O) groups is 2. The predicted molar refractivity (Wildman–Crippen MR) is 123 cm³/mol. The van der Waals surface area contributed by atoms with Crippen molar-refractivity contribution >= 4 is 29.8 Å². The minimum atomic E-state index is -1.11. The van der Waals surface area contributed by atoms with Gasteiger partial charge in [-0.15, -0.1) is 0 Å². The highest BCUT2D eigenvalue weighted by atomic mass is 19.1. The van der Waals surface area contributed by atoms with E-state index >= 15 is 0 Å². The fourth-order valence-electron chi connectivity index (χ4n) is 3.00. The molecule has 0 saturated carbocycles. The Morgan fingerprint density at radius 3 is 2.58 bits per heavy atom. The van der Waals surface area contributed by atoms with Gasteiger partial charge in [-0.05, 0) is 48.9 Å². The molecule has 170 valence electrons. The molecule has 7 nitrogen and oxygen atoms in total. The van der Waals surface area contributed by atoms with Crippen LogP contribution in [0.2, 0.25) is 0 Å². The fraction of sp³-hybridized carbons (Fsp3) is 0.160. The maximum atomic E-state index is 14.0. The number of rotatable bonds is 9. The Morgan fingerprint density at radius 2 is 1.91 bits per heavy atom. The number of methoxy groups -OCH3 is 1. The van der Waals surface area contributed by atoms with Crippen molar-refractivity contribution in [2.24, 2.45) is 0 Å². The summed E-state index contributed by atoms with van der Waals surface area (Å²) in [6, 6.07) is 14.1. The number of hydrogen-bond donors (Lipinski definition) is 2. The van der Waals surface area contributed by atoms with Gasteiger partial charge in [-0.1, -0.05) is 30.4 Å². The van der Waals surface area contributed by atoms with Crippen molar-refractivity contribution in [1.82, 2.24) is 4.98 Å². The molecule has 0 bridgehead atoms. The normalized spacial score (nSPS) is 11.8. The van der Waals surface area contributed by atoms with E-state index in [2.05, 4.69) is 10.3 Å². The summed E-state index contributed by atoms with van der Waals surface area (Å²) in [4.78, 5) is 27.8. The van der Waals surface area contributed by atoms with Crippen molar-refractivity contribution in [2.45, 2.75) is 13.0 Å². The van der Waals surface area contributed by atoms with Gasteiger partial charge in [0.15, 0.2) is 0 Å². The maximum Gasteiger partial charge on any atom is 0.337 e. The van der Waals surface area contributed by atoms with E-state index in [1.54, 1.807) is 55.7 Å². The number of carboxylic acids is 1. The van der Waals surface area contributed by atoms with Gasteiger partial charge in [0.1, 0.15) is 23.5 Å². The van der Waals surface area contributed by atoms with Gasteiger partial charge in [0, 0.05) is 24.4 Å². The first-order valence-electron chi connectivity index (χ1n) is 10.1. The Kier molecular flexibility index (Phi) is 7.88. The van der Waals surface area contributed by atoms with Crippen LogP contribution in [0, 0.1) is 5.82 Å². The molecule has 3 rings (SSSR count). The zero-order chi connectivity index (χ0) is 23.8. The number of hydrogen-bond acceptors (Lipinski definition) is 5. The molecule has 3 aromatic rings. The second-order valence-electron chi connectivity index (χ2n) is 7.22. The van der Waals surface area contributed by atoms with E-state index in [0.717, 1.165) is 6.20 Å². The lowest BCUT2D eigenvalue weighted by molar-refractivity contribution is 0.0696. The van der Waals surface area contributed by atoms with Gasteiger partial charge in [0.2, 0.25) is 0 Å². The van der Waals surface area contributed by atoms with Crippen molar-refractivity contribution < 1.29 is 28.6 Å². The molecule has 0 radical (unpaired) electrons. The zero-order valence-electron chi connectivity index (χ0n) is 18.1. The van der Waals surface area contributed by atoms with Crippen molar-refractivity contribution in [2.75, 3.05) is 19.0 Å². The molecule has 1 atom stereocenters. The number of pyridine rings is 1. The number of ether oxygens (including phenoxy) is 2. The maximum absolute atomic E-state index is 14.0. The number of benzene rings is 2. The lowest BCUT2D eigenvalue weighted by Crippen LogP contribution is -2.19. The highest BCUT2D eigenvalue weighted by Gasteiger charge is 2.13. The number of halogens is 1. The monoisotopic (exact) mass is 450 g/mol. The molecule has 1 amide bonds. The molecule has 8 heteroatoms. The molecule has 1 aromatic heterocycles. The first-order chi connectivity index (χ1) is 15.9. The highest BCUT2D eigenvalue weighted by Crippen LogP contribution is 2.22. The minimum Gasteiger partial charge on any atom is -0.488 e. The number of amides is 1. The number of anilines is 1. The second-order valence-corrected chi connectivity index (χ2v) is 7.22. The largest absolute Gasteiger partial charge is 0.488 e. The molecule has 0 aliphatic carbocycles. The molecule has 1 heterocycles. The van der Waals surface area contributed by atoms with E-state index in [-0.39, 0.29) is 28.9 Å². The number of nitrogens with zero attached hydrogens (tertiary/aromatic N) is 1. The zero-order valence-corrected chi connectivity index (χ0v) is 18.1. The fourth-order valence-corrected chi connectivity index (χ4v) is 3.00. The quantitative estimate of drug-likeness (QED) is 0.457. The topological polar surface area (TPSA) is 97.8 Å². The van der Waals surface area contributed by atoms with Crippen LogP contribution in [0.4, 0.5) is 10.2 Å². The van der Waals surface area contributed by atoms with Crippen LogP contribution in [0.1, 0.15) is 38.8 Å². The summed E-state index contributed by atoms with van der Waals surface area (Å²) in [5.74, 6) is -1.29. The summed E-state index contributed by atoms with van der Waals surface area (Å²) in [5, 5.41) is 11.6. The van der Waals surface area contributed by atoms with Crippen LogP contribution in [-0.2, 0) is 4.74 Å². The van der Waals surface area contributed by atoms with Crippen LogP contribution in [0.25, 0.3) is 12.2 Å². The molecule has 0 aliphatic heterocycles. The third-order valence-electron chi connectivity index (χ3n) is 4.54. The van der Waals surface area contributed by atoms with Gasteiger partial charge >= 0.3 is 5.97 Å². The van der Waals surface area contributed by atoms with Crippen LogP contribution in [0.15, 0.2) is 60.8 Å². The average Bonchev–Trinajstić information content (AvgIpc) is 2.79. The first kappa shape index (κ1) is 23.6. The minimum absolute atomic E-state index is 0.0103. The molecule has 0 saturated heterocycles. The van der Waals surface area contributed by atoms with Crippen molar-refractivity contribution in [1.29, 1.82) is 0 Å². The number of nitrogens with one attached hydrogen (secondary N) is 1. The smallest absolute Gasteiger partial charge is 0.337 e. The summed E-state index contributed by atoms with van der Waals surface area (Å²) in [6.07, 6.45) is 4.19. The van der Waals surface area contributed by atoms with E-state index in [1.165, 1.54) is 18.2 Å². The summed E-state index contributed by atoms with van der Waals surface area (Å²) >= 11 is 0. The van der Waals surface area contributed by atoms with Crippen LogP contribution < -0.4 is 10.1 Å². The van der Waals surface area contributed by atoms with Gasteiger partial charge < -0.3 is 19.9 Å². The lowest BCUT2D eigenvalue weighted by atomic mass is 10.1. The van der Waals surface area contributed by atoms with Crippen molar-refractivity contribution in [3.8, 4) is 5.75 Å². The van der Waals surface area contributed by atoms with E-state index < -0.39 is 11.9 Å². The Balaban J connectivity index is 1.88. The average molecular weight is 450 g/mol. The number of carboxylic acid groups (broad SMARTS) is 1. The highest BCUT2D eigenvalue weighted by molar-refractivity contribution is 6.04. The SMILES string of the molecule is COC[C@H](C)Oc1cc(/C=C/c2ccccc2F)cc(C(=O)Nc2ccc(C(=O)O)cn2)c1. The van der Waals surface area contributed by atoms with Gasteiger partial charge in [0.05, 0.1) is 12.2 Å². The van der Waals surface area contributed by atoms with Gasteiger partial charge in [0.25, 0.3) is 5.91 Å². The van der Waals surface area contributed by atoms with Gasteiger partial charge in [-0.2, -0.15) is 0 Å². The third-order valence-corrected chi connectivity index (χ3v) is 4.54. The van der Waals surface area contributed by atoms with Crippen molar-refractivity contribution in [3.63, 3.8) is 0 Å². The van der Waals surface area contributed by atoms with E-state index in [4.69, 9.17) is 14.6 Å². The van der Waals surface area contributed by atoms with E-state index in [0.29, 0.717) is 23.5 Å². The van der Waals surface area contributed by atoms with Crippen LogP contribution >= 0.6 is 0 Å². The summed E-state index contributed by atoms with van der Waals surface area (Å²) in [5.41, 5.74) is 1.33. The molecule has 2 N–H and O–H groups in total. The predicted octanol–water partition coefficient (Wildman–Crippen LogP) is 4.76. The molecule has 0 aliphatic rings. The molecule has 0 unspecified atom stereocenters. The molecule has 33 heavy (non-hydrogen) atoms. The third kappa shape index (κ3) is 6.72. The molecular formula is C25H23FN2O5. The number of aromatic carboxylic acids is 1. The van der Waals surface area contributed by atoms with Crippen LogP contribution in [0.5, 0.6) is 5.75 Å². The Hall–Kier alpha value is -4.04. The summed E-state index contributed by atoms with van der Waals surface area (Å²) in [7, 11) is 1.56. The van der Waals surface area contributed by atoms with E-state index in [9.17, 15) is 14.0 Å².